The number of hydrogen-bond donors (Lipinski definition) is 1. The summed E-state index contributed by atoms with van der Waals surface area (Å²) in [7, 11) is 0. The van der Waals surface area contributed by atoms with Gasteiger partial charge in [-0.1, -0.05) is 53.5 Å². The van der Waals surface area contributed by atoms with Crippen LogP contribution in [-0.4, -0.2) is 12.6 Å². The van der Waals surface area contributed by atoms with E-state index in [0.29, 0.717) is 11.5 Å². The van der Waals surface area contributed by atoms with E-state index in [1.807, 2.05) is 6.08 Å². The molecule has 0 saturated heterocycles. The summed E-state index contributed by atoms with van der Waals surface area (Å²) in [5.74, 6) is 0.773. The third-order valence-electron chi connectivity index (χ3n) is 4.07. The van der Waals surface area contributed by atoms with E-state index in [9.17, 15) is 0 Å². The van der Waals surface area contributed by atoms with Crippen LogP contribution >= 0.6 is 0 Å². The summed E-state index contributed by atoms with van der Waals surface area (Å²) in [6.07, 6.45) is 9.83. The minimum Gasteiger partial charge on any atom is -0.314 e. The van der Waals surface area contributed by atoms with Gasteiger partial charge in [-0.15, -0.1) is 6.58 Å². The van der Waals surface area contributed by atoms with Crippen LogP contribution in [0.4, 0.5) is 0 Å². The van der Waals surface area contributed by atoms with Crippen molar-refractivity contribution >= 4 is 0 Å². The molecule has 0 heterocycles. The Morgan fingerprint density at radius 1 is 1.17 bits per heavy atom. The van der Waals surface area contributed by atoms with Crippen molar-refractivity contribution in [3.63, 3.8) is 0 Å². The highest BCUT2D eigenvalue weighted by molar-refractivity contribution is 4.77. The lowest BCUT2D eigenvalue weighted by atomic mass is 9.78. The summed E-state index contributed by atoms with van der Waals surface area (Å²) >= 11 is 0. The predicted octanol–water partition coefficient (Wildman–Crippen LogP) is 5.17. The minimum atomic E-state index is 0.427. The van der Waals surface area contributed by atoms with E-state index in [2.05, 4.69) is 46.5 Å². The molecule has 2 unspecified atom stereocenters. The summed E-state index contributed by atoms with van der Waals surface area (Å²) in [4.78, 5) is 0. The predicted molar refractivity (Wildman–Crippen MR) is 84.0 cm³/mol. The average Bonchev–Trinajstić information content (AvgIpc) is 2.27. The van der Waals surface area contributed by atoms with Gasteiger partial charge in [-0.3, -0.25) is 0 Å². The van der Waals surface area contributed by atoms with Crippen molar-refractivity contribution in [3.8, 4) is 0 Å². The molecule has 0 aliphatic heterocycles. The van der Waals surface area contributed by atoms with E-state index in [4.69, 9.17) is 0 Å². The first-order valence-electron chi connectivity index (χ1n) is 7.76. The summed E-state index contributed by atoms with van der Waals surface area (Å²) in [6.45, 7) is 16.5. The van der Waals surface area contributed by atoms with E-state index in [0.717, 1.165) is 12.5 Å². The van der Waals surface area contributed by atoms with Gasteiger partial charge >= 0.3 is 0 Å². The van der Waals surface area contributed by atoms with Crippen molar-refractivity contribution in [2.75, 3.05) is 6.54 Å². The molecule has 0 aliphatic carbocycles. The lowest BCUT2D eigenvalue weighted by molar-refractivity contribution is 0.218. The molecule has 1 nitrogen and oxygen atoms in total. The molecule has 0 amide bonds. The van der Waals surface area contributed by atoms with Gasteiger partial charge in [-0.2, -0.15) is 0 Å². The molecular weight excluding hydrogens is 218 g/mol. The standard InChI is InChI=1S/C17H35N/c1-7-9-10-11-12-13-16(18-8-2)14-15(3)17(4,5)6/h7,15-16,18H,1,8-14H2,2-6H3. The summed E-state index contributed by atoms with van der Waals surface area (Å²) in [5, 5.41) is 3.66. The maximum atomic E-state index is 3.78. The van der Waals surface area contributed by atoms with Gasteiger partial charge in [0, 0.05) is 6.04 Å². The molecule has 0 aromatic heterocycles. The molecule has 0 rings (SSSR count). The highest BCUT2D eigenvalue weighted by Gasteiger charge is 2.22. The van der Waals surface area contributed by atoms with Crippen LogP contribution < -0.4 is 5.32 Å². The first kappa shape index (κ1) is 17.7. The Labute approximate surface area is 115 Å². The third kappa shape index (κ3) is 8.74. The van der Waals surface area contributed by atoms with Gasteiger partial charge in [0.15, 0.2) is 0 Å². The molecular formula is C17H35N. The van der Waals surface area contributed by atoms with Crippen LogP contribution in [0.3, 0.4) is 0 Å². The molecule has 0 bridgehead atoms. The fourth-order valence-electron chi connectivity index (χ4n) is 2.23. The first-order valence-corrected chi connectivity index (χ1v) is 7.76. The molecule has 0 aromatic carbocycles. The second-order valence-electron chi connectivity index (χ2n) is 6.68. The molecule has 2 atom stereocenters. The number of nitrogens with one attached hydrogen (secondary N) is 1. The van der Waals surface area contributed by atoms with E-state index in [-0.39, 0.29) is 0 Å². The zero-order chi connectivity index (χ0) is 14.0. The second-order valence-corrected chi connectivity index (χ2v) is 6.68. The van der Waals surface area contributed by atoms with Gasteiger partial charge < -0.3 is 5.32 Å². The third-order valence-corrected chi connectivity index (χ3v) is 4.07. The fraction of sp³-hybridized carbons (Fsp3) is 0.882. The highest BCUT2D eigenvalue weighted by atomic mass is 14.9. The second kappa shape index (κ2) is 9.61. The highest BCUT2D eigenvalue weighted by Crippen LogP contribution is 2.30. The van der Waals surface area contributed by atoms with Crippen molar-refractivity contribution in [2.45, 2.75) is 79.2 Å². The van der Waals surface area contributed by atoms with Crippen LogP contribution in [0.2, 0.25) is 0 Å². The van der Waals surface area contributed by atoms with Gasteiger partial charge in [0.25, 0.3) is 0 Å². The quantitative estimate of drug-likeness (QED) is 0.418. The van der Waals surface area contributed by atoms with Crippen molar-refractivity contribution in [3.05, 3.63) is 12.7 Å². The molecule has 108 valence electrons. The maximum absolute atomic E-state index is 3.78. The van der Waals surface area contributed by atoms with Gasteiger partial charge in [0.2, 0.25) is 0 Å². The number of hydrogen-bond acceptors (Lipinski definition) is 1. The topological polar surface area (TPSA) is 12.0 Å². The Kier molecular flexibility index (Phi) is 9.45. The molecule has 1 heteroatoms. The van der Waals surface area contributed by atoms with Gasteiger partial charge in [0.05, 0.1) is 0 Å². The van der Waals surface area contributed by atoms with Crippen molar-refractivity contribution < 1.29 is 0 Å². The molecule has 0 aromatic rings. The summed E-state index contributed by atoms with van der Waals surface area (Å²) in [6, 6.07) is 0.702. The number of unbranched alkanes of at least 4 members (excludes halogenated alkanes) is 3. The zero-order valence-electron chi connectivity index (χ0n) is 13.4. The van der Waals surface area contributed by atoms with E-state index < -0.39 is 0 Å². The largest absolute Gasteiger partial charge is 0.314 e. The van der Waals surface area contributed by atoms with Crippen LogP contribution in [0, 0.1) is 11.3 Å². The maximum Gasteiger partial charge on any atom is 0.00696 e. The molecule has 0 radical (unpaired) electrons. The van der Waals surface area contributed by atoms with E-state index in [1.165, 1.54) is 38.5 Å². The minimum absolute atomic E-state index is 0.427. The summed E-state index contributed by atoms with van der Waals surface area (Å²) < 4.78 is 0. The van der Waals surface area contributed by atoms with Crippen LogP contribution in [0.25, 0.3) is 0 Å². The fourth-order valence-corrected chi connectivity index (χ4v) is 2.23. The van der Waals surface area contributed by atoms with Gasteiger partial charge in [-0.25, -0.2) is 0 Å². The zero-order valence-corrected chi connectivity index (χ0v) is 13.4. The Hall–Kier alpha value is -0.300. The molecule has 0 fully saturated rings. The Bertz CT molecular complexity index is 202. The summed E-state index contributed by atoms with van der Waals surface area (Å²) in [5.41, 5.74) is 0.427. The number of allylic oxidation sites excluding steroid dienone is 1. The Balaban J connectivity index is 3.95. The average molecular weight is 253 g/mol. The normalized spacial score (nSPS) is 15.4. The SMILES string of the molecule is C=CCCCCCC(CC(C)C(C)(C)C)NCC. The van der Waals surface area contributed by atoms with Crippen LogP contribution in [0.5, 0.6) is 0 Å². The molecule has 18 heavy (non-hydrogen) atoms. The van der Waals surface area contributed by atoms with Crippen molar-refractivity contribution in [2.24, 2.45) is 11.3 Å². The monoisotopic (exact) mass is 253 g/mol. The Morgan fingerprint density at radius 3 is 2.33 bits per heavy atom. The molecule has 0 saturated carbocycles. The van der Waals surface area contributed by atoms with E-state index >= 15 is 0 Å². The lowest BCUT2D eigenvalue weighted by Gasteiger charge is -2.31. The van der Waals surface area contributed by atoms with Gasteiger partial charge in [-0.05, 0) is 43.6 Å². The molecule has 0 aliphatic rings. The van der Waals surface area contributed by atoms with Crippen LogP contribution in [0.1, 0.15) is 73.1 Å². The van der Waals surface area contributed by atoms with Crippen LogP contribution in [-0.2, 0) is 0 Å². The molecule has 1 N–H and O–H groups in total. The molecule has 0 spiro atoms. The van der Waals surface area contributed by atoms with Gasteiger partial charge in [0.1, 0.15) is 0 Å². The van der Waals surface area contributed by atoms with Crippen molar-refractivity contribution in [1.29, 1.82) is 0 Å². The van der Waals surface area contributed by atoms with E-state index in [1.54, 1.807) is 0 Å². The smallest absolute Gasteiger partial charge is 0.00696 e. The Morgan fingerprint density at radius 2 is 1.83 bits per heavy atom. The first-order chi connectivity index (χ1) is 8.41. The van der Waals surface area contributed by atoms with Crippen LogP contribution in [0.15, 0.2) is 12.7 Å². The number of rotatable bonds is 10. The lowest BCUT2D eigenvalue weighted by Crippen LogP contribution is -2.33. The van der Waals surface area contributed by atoms with Crippen molar-refractivity contribution in [1.82, 2.24) is 5.32 Å².